The first-order valence-electron chi connectivity index (χ1n) is 8.09. The van der Waals surface area contributed by atoms with Gasteiger partial charge < -0.3 is 15.0 Å². The van der Waals surface area contributed by atoms with Crippen LogP contribution >= 0.6 is 11.8 Å². The molecular formula is C15H26N2O2S. The Balaban J connectivity index is 1.37. The smallest absolute Gasteiger partial charge is 0.317 e. The monoisotopic (exact) mass is 298 g/mol. The summed E-state index contributed by atoms with van der Waals surface area (Å²) in [6.45, 7) is 3.57. The molecule has 0 bridgehead atoms. The van der Waals surface area contributed by atoms with Gasteiger partial charge in [0.1, 0.15) is 0 Å². The van der Waals surface area contributed by atoms with Crippen LogP contribution in [0.3, 0.4) is 0 Å². The summed E-state index contributed by atoms with van der Waals surface area (Å²) in [6.07, 6.45) is 7.67. The van der Waals surface area contributed by atoms with E-state index in [1.54, 1.807) is 0 Å². The second kappa shape index (κ2) is 7.03. The Kier molecular flexibility index (Phi) is 5.10. The number of thioether (sulfide) groups is 1. The molecule has 0 aliphatic carbocycles. The van der Waals surface area contributed by atoms with Crippen LogP contribution in [-0.4, -0.2) is 54.3 Å². The van der Waals surface area contributed by atoms with Gasteiger partial charge in [-0.2, -0.15) is 11.8 Å². The molecule has 2 atom stereocenters. The van der Waals surface area contributed by atoms with Gasteiger partial charge in [0.2, 0.25) is 0 Å². The van der Waals surface area contributed by atoms with Gasteiger partial charge >= 0.3 is 6.03 Å². The maximum absolute atomic E-state index is 12.2. The summed E-state index contributed by atoms with van der Waals surface area (Å²) >= 11 is 2.00. The molecule has 0 aromatic heterocycles. The minimum atomic E-state index is 0.142. The summed E-state index contributed by atoms with van der Waals surface area (Å²) in [5, 5.41) is 3.76. The zero-order chi connectivity index (χ0) is 13.8. The van der Waals surface area contributed by atoms with Crippen molar-refractivity contribution in [1.29, 1.82) is 0 Å². The highest BCUT2D eigenvalue weighted by Crippen LogP contribution is 2.29. The van der Waals surface area contributed by atoms with Crippen molar-refractivity contribution in [2.24, 2.45) is 5.92 Å². The van der Waals surface area contributed by atoms with E-state index in [4.69, 9.17) is 4.74 Å². The lowest BCUT2D eigenvalue weighted by Gasteiger charge is -2.34. The van der Waals surface area contributed by atoms with Crippen LogP contribution < -0.4 is 5.32 Å². The Bertz CT molecular complexity index is 320. The fourth-order valence-corrected chi connectivity index (χ4v) is 4.77. The number of piperidine rings is 1. The Morgan fingerprint density at radius 2 is 2.05 bits per heavy atom. The summed E-state index contributed by atoms with van der Waals surface area (Å²) in [7, 11) is 0. The number of rotatable bonds is 3. The molecule has 3 aliphatic heterocycles. The number of amides is 2. The van der Waals surface area contributed by atoms with Crippen molar-refractivity contribution in [2.75, 3.05) is 32.0 Å². The quantitative estimate of drug-likeness (QED) is 0.870. The van der Waals surface area contributed by atoms with E-state index in [1.165, 1.54) is 31.4 Å². The Morgan fingerprint density at radius 3 is 2.70 bits per heavy atom. The first-order valence-corrected chi connectivity index (χ1v) is 9.14. The third-order valence-electron chi connectivity index (χ3n) is 4.82. The van der Waals surface area contributed by atoms with E-state index in [-0.39, 0.29) is 6.03 Å². The lowest BCUT2D eigenvalue weighted by atomic mass is 9.90. The molecule has 0 spiro atoms. The molecule has 0 aromatic rings. The SMILES string of the molecule is O=C(NCC1CCCS1)N1CCC(C2CCCO2)CC1. The number of carbonyl (C=O) groups is 1. The average molecular weight is 298 g/mol. The number of likely N-dealkylation sites (tertiary alicyclic amines) is 1. The molecule has 4 nitrogen and oxygen atoms in total. The molecule has 3 rings (SSSR count). The summed E-state index contributed by atoms with van der Waals surface area (Å²) in [6, 6.07) is 0.142. The Morgan fingerprint density at radius 1 is 1.20 bits per heavy atom. The van der Waals surface area contributed by atoms with Crippen LogP contribution in [0, 0.1) is 5.92 Å². The van der Waals surface area contributed by atoms with Crippen molar-refractivity contribution in [3.8, 4) is 0 Å². The molecule has 0 radical (unpaired) electrons. The van der Waals surface area contributed by atoms with Crippen LogP contribution in [0.2, 0.25) is 0 Å². The maximum Gasteiger partial charge on any atom is 0.317 e. The Labute approximate surface area is 126 Å². The van der Waals surface area contributed by atoms with Gasteiger partial charge in [-0.15, -0.1) is 0 Å². The Hall–Kier alpha value is -0.420. The molecule has 1 N–H and O–H groups in total. The van der Waals surface area contributed by atoms with Gasteiger partial charge in [-0.3, -0.25) is 0 Å². The number of hydrogen-bond donors (Lipinski definition) is 1. The van der Waals surface area contributed by atoms with Crippen LogP contribution in [0.4, 0.5) is 4.79 Å². The van der Waals surface area contributed by atoms with E-state index in [0.717, 1.165) is 39.1 Å². The summed E-state index contributed by atoms with van der Waals surface area (Å²) in [5.41, 5.74) is 0. The molecular weight excluding hydrogens is 272 g/mol. The number of carbonyl (C=O) groups excluding carboxylic acids is 1. The number of nitrogens with zero attached hydrogens (tertiary/aromatic N) is 1. The van der Waals surface area contributed by atoms with Gasteiger partial charge in [0, 0.05) is 31.5 Å². The molecule has 0 aromatic carbocycles. The summed E-state index contributed by atoms with van der Waals surface area (Å²) < 4.78 is 5.78. The second-order valence-corrected chi connectivity index (χ2v) is 7.61. The number of urea groups is 1. The van der Waals surface area contributed by atoms with Crippen LogP contribution in [0.1, 0.15) is 38.5 Å². The van der Waals surface area contributed by atoms with Crippen molar-refractivity contribution in [2.45, 2.75) is 49.9 Å². The molecule has 20 heavy (non-hydrogen) atoms. The van der Waals surface area contributed by atoms with Gasteiger partial charge in [-0.05, 0) is 50.2 Å². The molecule has 5 heteroatoms. The minimum Gasteiger partial charge on any atom is -0.378 e. The van der Waals surface area contributed by atoms with Crippen molar-refractivity contribution in [1.82, 2.24) is 10.2 Å². The summed E-state index contributed by atoms with van der Waals surface area (Å²) in [5.74, 6) is 1.93. The van der Waals surface area contributed by atoms with Gasteiger partial charge in [0.15, 0.2) is 0 Å². The van der Waals surface area contributed by atoms with E-state index in [0.29, 0.717) is 17.3 Å². The van der Waals surface area contributed by atoms with Crippen molar-refractivity contribution >= 4 is 17.8 Å². The number of nitrogens with one attached hydrogen (secondary N) is 1. The highest BCUT2D eigenvalue weighted by atomic mass is 32.2. The first-order chi connectivity index (χ1) is 9.83. The fourth-order valence-electron chi connectivity index (χ4n) is 3.57. The zero-order valence-electron chi connectivity index (χ0n) is 12.2. The molecule has 3 saturated heterocycles. The lowest BCUT2D eigenvalue weighted by molar-refractivity contribution is 0.0372. The standard InChI is InChI=1S/C15H26N2O2S/c18-15(16-11-13-3-2-10-20-13)17-7-5-12(6-8-17)14-4-1-9-19-14/h12-14H,1-11H2,(H,16,18). The molecule has 0 saturated carbocycles. The third-order valence-corrected chi connectivity index (χ3v) is 6.22. The molecule has 3 fully saturated rings. The largest absolute Gasteiger partial charge is 0.378 e. The maximum atomic E-state index is 12.2. The first kappa shape index (κ1) is 14.5. The van der Waals surface area contributed by atoms with Gasteiger partial charge in [0.25, 0.3) is 0 Å². The third kappa shape index (κ3) is 3.61. The van der Waals surface area contributed by atoms with Gasteiger partial charge in [0.05, 0.1) is 6.10 Å². The molecule has 2 amide bonds. The summed E-state index contributed by atoms with van der Waals surface area (Å²) in [4.78, 5) is 14.1. The minimum absolute atomic E-state index is 0.142. The molecule has 114 valence electrons. The predicted octanol–water partition coefficient (Wildman–Crippen LogP) is 2.48. The van der Waals surface area contributed by atoms with E-state index in [2.05, 4.69) is 5.32 Å². The van der Waals surface area contributed by atoms with Crippen molar-refractivity contribution < 1.29 is 9.53 Å². The van der Waals surface area contributed by atoms with Gasteiger partial charge in [-0.25, -0.2) is 4.79 Å². The molecule has 3 aliphatic rings. The van der Waals surface area contributed by atoms with Gasteiger partial charge in [-0.1, -0.05) is 0 Å². The average Bonchev–Trinajstić information content (AvgIpc) is 3.18. The van der Waals surface area contributed by atoms with E-state index in [1.807, 2.05) is 16.7 Å². The van der Waals surface area contributed by atoms with Crippen LogP contribution in [-0.2, 0) is 4.74 Å². The number of ether oxygens (including phenoxy) is 1. The topological polar surface area (TPSA) is 41.6 Å². The van der Waals surface area contributed by atoms with Crippen LogP contribution in [0.25, 0.3) is 0 Å². The van der Waals surface area contributed by atoms with E-state index >= 15 is 0 Å². The highest BCUT2D eigenvalue weighted by molar-refractivity contribution is 8.00. The van der Waals surface area contributed by atoms with Crippen LogP contribution in [0.5, 0.6) is 0 Å². The lowest BCUT2D eigenvalue weighted by Crippen LogP contribution is -2.47. The number of hydrogen-bond acceptors (Lipinski definition) is 3. The highest BCUT2D eigenvalue weighted by Gasteiger charge is 2.31. The van der Waals surface area contributed by atoms with Crippen molar-refractivity contribution in [3.05, 3.63) is 0 Å². The van der Waals surface area contributed by atoms with Crippen molar-refractivity contribution in [3.63, 3.8) is 0 Å². The second-order valence-electron chi connectivity index (χ2n) is 6.20. The predicted molar refractivity (Wildman–Crippen MR) is 82.1 cm³/mol. The fraction of sp³-hybridized carbons (Fsp3) is 0.933. The normalized spacial score (nSPS) is 31.7. The zero-order valence-corrected chi connectivity index (χ0v) is 13.0. The molecule has 2 unspecified atom stereocenters. The molecule has 3 heterocycles. The van der Waals surface area contributed by atoms with Crippen LogP contribution in [0.15, 0.2) is 0 Å². The van der Waals surface area contributed by atoms with E-state index in [9.17, 15) is 4.79 Å². The van der Waals surface area contributed by atoms with E-state index < -0.39 is 0 Å².